The number of halogens is 3. The smallest absolute Gasteiger partial charge is 0.224 e. The van der Waals surface area contributed by atoms with E-state index >= 15 is 0 Å². The van der Waals surface area contributed by atoms with Crippen molar-refractivity contribution in [3.63, 3.8) is 0 Å². The van der Waals surface area contributed by atoms with Crippen LogP contribution in [0.1, 0.15) is 11.1 Å². The Kier molecular flexibility index (Phi) is 3.80. The van der Waals surface area contributed by atoms with Crippen LogP contribution in [-0.2, 0) is 0 Å². The van der Waals surface area contributed by atoms with Gasteiger partial charge >= 0.3 is 0 Å². The average Bonchev–Trinajstić information content (AvgIpc) is 2.41. The molecule has 0 spiro atoms. The highest BCUT2D eigenvalue weighted by Gasteiger charge is 2.21. The lowest BCUT2D eigenvalue weighted by Gasteiger charge is -2.12. The van der Waals surface area contributed by atoms with Crippen molar-refractivity contribution in [3.8, 4) is 5.75 Å². The van der Waals surface area contributed by atoms with Gasteiger partial charge in [0.15, 0.2) is 11.6 Å². The van der Waals surface area contributed by atoms with Crippen LogP contribution >= 0.6 is 11.6 Å². The fraction of sp³-hybridized carbons (Fsp3) is 0.0833. The fourth-order valence-corrected chi connectivity index (χ4v) is 1.78. The van der Waals surface area contributed by atoms with E-state index in [1.165, 1.54) is 13.2 Å². The van der Waals surface area contributed by atoms with Gasteiger partial charge in [0.1, 0.15) is 11.6 Å². The van der Waals surface area contributed by atoms with E-state index in [9.17, 15) is 8.78 Å². The van der Waals surface area contributed by atoms with Gasteiger partial charge in [-0.15, -0.1) is 0 Å². The van der Waals surface area contributed by atoms with Crippen molar-refractivity contribution in [1.29, 1.82) is 5.41 Å². The van der Waals surface area contributed by atoms with Gasteiger partial charge in [-0.2, -0.15) is 0 Å². The molecule has 1 aromatic carbocycles. The Balaban J connectivity index is 2.61. The molecular formula is C12H9ClF2N4O. The summed E-state index contributed by atoms with van der Waals surface area (Å²) in [5, 5.41) is 7.87. The molecular weight excluding hydrogens is 290 g/mol. The zero-order chi connectivity index (χ0) is 14.9. The molecule has 20 heavy (non-hydrogen) atoms. The third-order valence-electron chi connectivity index (χ3n) is 2.58. The molecule has 2 aromatic rings. The van der Waals surface area contributed by atoms with Crippen LogP contribution in [0.4, 0.5) is 14.6 Å². The fourth-order valence-electron chi connectivity index (χ4n) is 1.64. The van der Waals surface area contributed by atoms with Gasteiger partial charge in [-0.3, -0.25) is 5.41 Å². The predicted octanol–water partition coefficient (Wildman–Crippen LogP) is 2.42. The van der Waals surface area contributed by atoms with Crippen molar-refractivity contribution < 1.29 is 13.5 Å². The van der Waals surface area contributed by atoms with E-state index < -0.39 is 17.3 Å². The van der Waals surface area contributed by atoms with Crippen molar-refractivity contribution in [1.82, 2.24) is 9.97 Å². The number of rotatable bonds is 3. The molecule has 0 aliphatic heterocycles. The lowest BCUT2D eigenvalue weighted by molar-refractivity contribution is 0.405. The van der Waals surface area contributed by atoms with Gasteiger partial charge in [-0.05, 0) is 23.7 Å². The van der Waals surface area contributed by atoms with E-state index in [-0.39, 0.29) is 28.0 Å². The molecule has 0 atom stereocenters. The largest absolute Gasteiger partial charge is 0.496 e. The first-order valence-corrected chi connectivity index (χ1v) is 5.72. The zero-order valence-electron chi connectivity index (χ0n) is 10.2. The van der Waals surface area contributed by atoms with E-state index in [2.05, 4.69) is 9.97 Å². The molecule has 1 aromatic heterocycles. The van der Waals surface area contributed by atoms with E-state index in [1.54, 1.807) is 0 Å². The highest BCUT2D eigenvalue weighted by atomic mass is 35.5. The third kappa shape index (κ3) is 2.39. The number of nitrogens with one attached hydrogen (secondary N) is 1. The Bertz CT molecular complexity index is 693. The summed E-state index contributed by atoms with van der Waals surface area (Å²) >= 11 is 5.55. The summed E-state index contributed by atoms with van der Waals surface area (Å²) in [7, 11) is 1.28. The monoisotopic (exact) mass is 298 g/mol. The molecule has 0 radical (unpaired) electrons. The van der Waals surface area contributed by atoms with Crippen LogP contribution in [0, 0.1) is 17.0 Å². The number of methoxy groups -OCH3 is 1. The second-order valence-corrected chi connectivity index (χ2v) is 4.09. The first kappa shape index (κ1) is 14.1. The van der Waals surface area contributed by atoms with Gasteiger partial charge in [0.2, 0.25) is 5.28 Å². The van der Waals surface area contributed by atoms with Crippen LogP contribution in [0.5, 0.6) is 5.75 Å². The minimum Gasteiger partial charge on any atom is -0.496 e. The zero-order valence-corrected chi connectivity index (χ0v) is 11.0. The number of benzene rings is 1. The number of aromatic nitrogens is 2. The van der Waals surface area contributed by atoms with Crippen LogP contribution in [0.3, 0.4) is 0 Å². The van der Waals surface area contributed by atoms with Crippen molar-refractivity contribution in [2.24, 2.45) is 0 Å². The molecule has 0 aliphatic carbocycles. The maximum atomic E-state index is 13.9. The molecule has 0 saturated carbocycles. The number of hydrogen-bond acceptors (Lipinski definition) is 5. The van der Waals surface area contributed by atoms with Crippen LogP contribution < -0.4 is 10.5 Å². The molecule has 2 rings (SSSR count). The normalized spacial score (nSPS) is 10.4. The van der Waals surface area contributed by atoms with E-state index in [0.717, 1.165) is 12.3 Å². The first-order valence-electron chi connectivity index (χ1n) is 5.35. The summed E-state index contributed by atoms with van der Waals surface area (Å²) < 4.78 is 32.2. The van der Waals surface area contributed by atoms with Gasteiger partial charge in [0, 0.05) is 6.20 Å². The molecule has 0 fully saturated rings. The van der Waals surface area contributed by atoms with Gasteiger partial charge in [-0.25, -0.2) is 18.7 Å². The summed E-state index contributed by atoms with van der Waals surface area (Å²) in [6.45, 7) is 0. The van der Waals surface area contributed by atoms with Crippen molar-refractivity contribution >= 4 is 23.1 Å². The molecule has 5 nitrogen and oxygen atoms in total. The van der Waals surface area contributed by atoms with Crippen LogP contribution in [0.15, 0.2) is 18.3 Å². The molecule has 0 aliphatic rings. The lowest BCUT2D eigenvalue weighted by atomic mass is 10.0. The highest BCUT2D eigenvalue weighted by Crippen LogP contribution is 2.27. The Hall–Kier alpha value is -2.28. The minimum atomic E-state index is -1.20. The van der Waals surface area contributed by atoms with Crippen molar-refractivity contribution in [2.45, 2.75) is 0 Å². The van der Waals surface area contributed by atoms with Crippen LogP contribution in [-0.4, -0.2) is 22.8 Å². The average molecular weight is 299 g/mol. The van der Waals surface area contributed by atoms with Gasteiger partial charge in [0.05, 0.1) is 23.9 Å². The van der Waals surface area contributed by atoms with Crippen LogP contribution in [0.25, 0.3) is 0 Å². The van der Waals surface area contributed by atoms with E-state index in [4.69, 9.17) is 27.5 Å². The Labute approximate surface area is 117 Å². The van der Waals surface area contributed by atoms with Crippen molar-refractivity contribution in [2.75, 3.05) is 12.8 Å². The topological polar surface area (TPSA) is 84.9 Å². The first-order chi connectivity index (χ1) is 9.45. The standard InChI is InChI=1S/C12H9ClF2N4O/c1-20-7-3-2-6(14)9(15)8(7)10(16)5-4-18-12(13)19-11(5)17/h2-4,16H,1H3,(H2,17,18,19). The van der Waals surface area contributed by atoms with Gasteiger partial charge < -0.3 is 10.5 Å². The summed E-state index contributed by atoms with van der Waals surface area (Å²) in [5.74, 6) is -2.41. The molecule has 0 bridgehead atoms. The van der Waals surface area contributed by atoms with E-state index in [1.807, 2.05) is 0 Å². The number of nitrogens with zero attached hydrogens (tertiary/aromatic N) is 2. The Morgan fingerprint density at radius 3 is 2.70 bits per heavy atom. The number of ether oxygens (including phenoxy) is 1. The number of hydrogen-bond donors (Lipinski definition) is 2. The Morgan fingerprint density at radius 1 is 1.40 bits per heavy atom. The minimum absolute atomic E-state index is 0.00301. The van der Waals surface area contributed by atoms with Gasteiger partial charge in [0.25, 0.3) is 0 Å². The maximum Gasteiger partial charge on any atom is 0.224 e. The number of nitrogen functional groups attached to an aromatic ring is 1. The highest BCUT2D eigenvalue weighted by molar-refractivity contribution is 6.28. The quantitative estimate of drug-likeness (QED) is 0.673. The molecule has 8 heteroatoms. The second-order valence-electron chi connectivity index (χ2n) is 3.75. The summed E-state index contributed by atoms with van der Waals surface area (Å²) in [4.78, 5) is 7.33. The summed E-state index contributed by atoms with van der Waals surface area (Å²) in [6.07, 6.45) is 1.16. The van der Waals surface area contributed by atoms with Gasteiger partial charge in [-0.1, -0.05) is 0 Å². The SMILES string of the molecule is COc1ccc(F)c(F)c1C(=N)c1cnc(Cl)nc1N. The molecule has 1 heterocycles. The molecule has 0 amide bonds. The lowest BCUT2D eigenvalue weighted by Crippen LogP contribution is -2.12. The van der Waals surface area contributed by atoms with Crippen molar-refractivity contribution in [3.05, 3.63) is 46.4 Å². The number of anilines is 1. The predicted molar refractivity (Wildman–Crippen MR) is 70.3 cm³/mol. The number of nitrogens with two attached hydrogens (primary N) is 1. The third-order valence-corrected chi connectivity index (χ3v) is 2.77. The summed E-state index contributed by atoms with van der Waals surface area (Å²) in [5.41, 5.74) is 4.88. The molecule has 0 saturated heterocycles. The van der Waals surface area contributed by atoms with E-state index in [0.29, 0.717) is 0 Å². The Morgan fingerprint density at radius 2 is 2.10 bits per heavy atom. The summed E-state index contributed by atoms with van der Waals surface area (Å²) in [6, 6.07) is 2.13. The maximum absolute atomic E-state index is 13.9. The second kappa shape index (κ2) is 5.38. The van der Waals surface area contributed by atoms with Crippen LogP contribution in [0.2, 0.25) is 5.28 Å². The molecule has 104 valence electrons. The molecule has 0 unspecified atom stereocenters. The molecule has 3 N–H and O–H groups in total.